The number of aromatic nitrogens is 1. The molecule has 2 heterocycles. The first-order chi connectivity index (χ1) is 22.0. The quantitative estimate of drug-likeness (QED) is 0.0781. The number of hydrogen-bond acceptors (Lipinski definition) is 9. The highest BCUT2D eigenvalue weighted by atomic mass is 32.2. The van der Waals surface area contributed by atoms with Gasteiger partial charge in [0.1, 0.15) is 6.54 Å². The summed E-state index contributed by atoms with van der Waals surface area (Å²) in [5, 5.41) is 1.04. The standard InChI is InChI=1S/C34H39N3O7S2/c1-3-35-44-46(41,42)22-10-8-20-37-32-24-28(27-11-5-4-6-12-27)15-18-33(32)43-34(37)25-30-16-14-29-23-26(2)13-17-31(29)36(30)19-7-9-21-45(38,39)40/h4-6,11-18,23-25,35H,3,7-10,19-22H2,1-2H3. The summed E-state index contributed by atoms with van der Waals surface area (Å²) in [4.78, 5) is 2.06. The van der Waals surface area contributed by atoms with Crippen molar-refractivity contribution in [2.45, 2.75) is 46.1 Å². The van der Waals surface area contributed by atoms with E-state index >= 15 is 0 Å². The number of nitrogens with one attached hydrogen (secondary N) is 1. The molecule has 0 unspecified atom stereocenters. The molecule has 12 heteroatoms. The monoisotopic (exact) mass is 665 g/mol. The molecule has 0 spiro atoms. The Bertz CT molecular complexity index is 1930. The molecule has 244 valence electrons. The van der Waals surface area contributed by atoms with E-state index < -0.39 is 26.0 Å². The Morgan fingerprint density at radius 1 is 0.891 bits per heavy atom. The number of hydroxylamine groups is 1. The lowest BCUT2D eigenvalue weighted by Gasteiger charge is -2.19. The second-order valence-electron chi connectivity index (χ2n) is 11.3. The normalized spacial score (nSPS) is 14.2. The first-order valence-electron chi connectivity index (χ1n) is 15.4. The van der Waals surface area contributed by atoms with Crippen molar-refractivity contribution in [3.63, 3.8) is 0 Å². The maximum absolute atomic E-state index is 12.2. The molecule has 0 fully saturated rings. The maximum Gasteiger partial charge on any atom is 0.283 e. The number of nitrogens with zero attached hydrogens (tertiary/aromatic N) is 2. The largest absolute Gasteiger partial charge is 0.748 e. The van der Waals surface area contributed by atoms with Crippen LogP contribution >= 0.6 is 0 Å². The fourth-order valence-electron chi connectivity index (χ4n) is 5.50. The maximum atomic E-state index is 12.2. The van der Waals surface area contributed by atoms with Gasteiger partial charge < -0.3 is 14.2 Å². The van der Waals surface area contributed by atoms with Gasteiger partial charge in [0, 0.05) is 42.8 Å². The van der Waals surface area contributed by atoms with Crippen molar-refractivity contribution in [3.05, 3.63) is 96.0 Å². The zero-order valence-corrected chi connectivity index (χ0v) is 27.6. The fourth-order valence-corrected chi connectivity index (χ4v) is 6.99. The van der Waals surface area contributed by atoms with Gasteiger partial charge in [-0.1, -0.05) is 55.0 Å². The van der Waals surface area contributed by atoms with E-state index in [1.807, 2.05) is 79.7 Å². The van der Waals surface area contributed by atoms with Crippen LogP contribution in [0.15, 0.2) is 84.7 Å². The molecule has 1 aliphatic rings. The van der Waals surface area contributed by atoms with Crippen molar-refractivity contribution in [1.29, 1.82) is 0 Å². The number of rotatable bonds is 15. The number of hydrogen-bond donors (Lipinski definition) is 1. The minimum Gasteiger partial charge on any atom is -0.748 e. The van der Waals surface area contributed by atoms with Crippen LogP contribution in [0.25, 0.3) is 28.1 Å². The van der Waals surface area contributed by atoms with Gasteiger partial charge in [-0.3, -0.25) is 0 Å². The molecular formula is C34H39N3O7S2. The minimum absolute atomic E-state index is 0.117. The highest BCUT2D eigenvalue weighted by molar-refractivity contribution is 7.86. The number of pyridine rings is 1. The molecule has 46 heavy (non-hydrogen) atoms. The molecule has 0 amide bonds. The van der Waals surface area contributed by atoms with Gasteiger partial charge in [-0.25, -0.2) is 8.42 Å². The minimum atomic E-state index is -4.29. The van der Waals surface area contributed by atoms with E-state index in [0.717, 1.165) is 39.0 Å². The van der Waals surface area contributed by atoms with E-state index in [9.17, 15) is 21.4 Å². The Hall–Kier alpha value is -3.81. The Morgan fingerprint density at radius 2 is 1.67 bits per heavy atom. The van der Waals surface area contributed by atoms with E-state index in [1.54, 1.807) is 6.92 Å². The van der Waals surface area contributed by atoms with Gasteiger partial charge in [0.2, 0.25) is 17.1 Å². The van der Waals surface area contributed by atoms with Gasteiger partial charge in [0.15, 0.2) is 5.75 Å². The number of anilines is 1. The first-order valence-corrected chi connectivity index (χ1v) is 18.6. The van der Waals surface area contributed by atoms with Gasteiger partial charge in [-0.15, -0.1) is 0 Å². The Labute approximate surface area is 271 Å². The van der Waals surface area contributed by atoms with Gasteiger partial charge in [0.05, 0.1) is 27.6 Å². The van der Waals surface area contributed by atoms with E-state index in [2.05, 4.69) is 27.1 Å². The molecule has 4 aromatic rings. The van der Waals surface area contributed by atoms with Crippen molar-refractivity contribution < 1.29 is 35.0 Å². The van der Waals surface area contributed by atoms with Gasteiger partial charge in [-0.05, 0) is 61.6 Å². The predicted octanol–water partition coefficient (Wildman–Crippen LogP) is 5.28. The van der Waals surface area contributed by atoms with Crippen LogP contribution in [0, 0.1) is 6.92 Å². The first kappa shape index (κ1) is 33.6. The van der Waals surface area contributed by atoms with E-state index in [-0.39, 0.29) is 12.2 Å². The van der Waals surface area contributed by atoms with Crippen LogP contribution in [-0.4, -0.2) is 46.0 Å². The number of fused-ring (bicyclic) bond motifs is 2. The van der Waals surface area contributed by atoms with Gasteiger partial charge in [-0.2, -0.15) is 22.7 Å². The highest BCUT2D eigenvalue weighted by Gasteiger charge is 2.28. The number of aryl methyl sites for hydroxylation is 2. The summed E-state index contributed by atoms with van der Waals surface area (Å²) in [6.07, 6.45) is 3.67. The molecule has 0 saturated carbocycles. The van der Waals surface area contributed by atoms with Crippen LogP contribution in [0.2, 0.25) is 0 Å². The second-order valence-corrected chi connectivity index (χ2v) is 14.5. The van der Waals surface area contributed by atoms with Crippen molar-refractivity contribution in [1.82, 2.24) is 5.48 Å². The van der Waals surface area contributed by atoms with Crippen molar-refractivity contribution in [2.24, 2.45) is 0 Å². The smallest absolute Gasteiger partial charge is 0.283 e. The number of benzene rings is 3. The summed E-state index contributed by atoms with van der Waals surface area (Å²) >= 11 is 0. The molecule has 0 bridgehead atoms. The summed E-state index contributed by atoms with van der Waals surface area (Å²) in [7, 11) is -7.98. The molecule has 10 nitrogen and oxygen atoms in total. The van der Waals surface area contributed by atoms with Gasteiger partial charge >= 0.3 is 0 Å². The van der Waals surface area contributed by atoms with Crippen molar-refractivity contribution in [3.8, 4) is 16.9 Å². The summed E-state index contributed by atoms with van der Waals surface area (Å²) in [5.41, 5.74) is 8.33. The van der Waals surface area contributed by atoms with Crippen molar-refractivity contribution in [2.75, 3.05) is 29.5 Å². The third-order valence-corrected chi connectivity index (χ3v) is 9.66. The van der Waals surface area contributed by atoms with Gasteiger partial charge in [0.25, 0.3) is 10.1 Å². The average Bonchev–Trinajstić information content (AvgIpc) is 3.37. The lowest BCUT2D eigenvalue weighted by Crippen LogP contribution is -2.38. The summed E-state index contributed by atoms with van der Waals surface area (Å²) < 4.78 is 71.5. The molecular weight excluding hydrogens is 627 g/mol. The lowest BCUT2D eigenvalue weighted by atomic mass is 10.0. The summed E-state index contributed by atoms with van der Waals surface area (Å²) in [6, 6.07) is 26.3. The number of ether oxygens (including phenoxy) is 1. The zero-order chi connectivity index (χ0) is 32.7. The molecule has 3 aromatic carbocycles. The molecule has 1 N–H and O–H groups in total. The van der Waals surface area contributed by atoms with Crippen LogP contribution < -0.4 is 19.7 Å². The van der Waals surface area contributed by atoms with E-state index in [0.29, 0.717) is 50.5 Å². The molecule has 5 rings (SSSR count). The van der Waals surface area contributed by atoms with Crippen LogP contribution in [0.3, 0.4) is 0 Å². The van der Waals surface area contributed by atoms with Crippen LogP contribution in [0.1, 0.15) is 43.9 Å². The highest BCUT2D eigenvalue weighted by Crippen LogP contribution is 2.42. The predicted molar refractivity (Wildman–Crippen MR) is 178 cm³/mol. The molecule has 0 aliphatic carbocycles. The number of unbranched alkanes of at least 4 members (excludes halogenated alkanes) is 2. The SMILES string of the molecule is CCNOS(=O)(=O)CCCCN1/C(=C/c2ccc3cc(C)ccc3[n+]2CCCCS(=O)(=O)[O-])Oc2ccc(-c3ccccc3)cc21. The van der Waals surface area contributed by atoms with Crippen molar-refractivity contribution >= 4 is 42.9 Å². The van der Waals surface area contributed by atoms with Crippen LogP contribution in [0.4, 0.5) is 5.69 Å². The Kier molecular flexibility index (Phi) is 10.7. The molecule has 1 aliphatic heterocycles. The molecule has 1 aromatic heterocycles. The third kappa shape index (κ3) is 8.71. The topological polar surface area (TPSA) is 129 Å². The Balaban J connectivity index is 1.48. The second kappa shape index (κ2) is 14.7. The molecule has 0 atom stereocenters. The van der Waals surface area contributed by atoms with E-state index in [1.165, 1.54) is 0 Å². The summed E-state index contributed by atoms with van der Waals surface area (Å²) in [5.74, 6) is 0.763. The molecule has 0 radical (unpaired) electrons. The zero-order valence-electron chi connectivity index (χ0n) is 26.0. The Morgan fingerprint density at radius 3 is 2.43 bits per heavy atom. The molecule has 0 saturated heterocycles. The lowest BCUT2D eigenvalue weighted by molar-refractivity contribution is -0.673. The third-order valence-electron chi connectivity index (χ3n) is 7.71. The van der Waals surface area contributed by atoms with Crippen LogP contribution in [0.5, 0.6) is 5.75 Å². The van der Waals surface area contributed by atoms with Crippen LogP contribution in [-0.2, 0) is 31.1 Å². The average molecular weight is 666 g/mol. The fraction of sp³-hybridized carbons (Fsp3) is 0.324. The van der Waals surface area contributed by atoms with E-state index in [4.69, 9.17) is 9.02 Å². The summed E-state index contributed by atoms with van der Waals surface area (Å²) in [6.45, 7) is 5.17.